The second-order valence-corrected chi connectivity index (χ2v) is 9.80. The third-order valence-corrected chi connectivity index (χ3v) is 6.01. The summed E-state index contributed by atoms with van der Waals surface area (Å²) in [6, 6.07) is 15.7. The van der Waals surface area contributed by atoms with Crippen LogP contribution in [0.4, 0.5) is 16.4 Å². The highest BCUT2D eigenvalue weighted by Gasteiger charge is 2.30. The first-order chi connectivity index (χ1) is 16.2. The Balaban J connectivity index is 1.42. The summed E-state index contributed by atoms with van der Waals surface area (Å²) in [5.74, 6) is 0.313. The molecule has 1 aliphatic rings. The number of nitrogens with zero attached hydrogens (tertiary/aromatic N) is 3. The number of amides is 2. The zero-order chi connectivity index (χ0) is 24.3. The molecule has 3 aromatic rings. The highest BCUT2D eigenvalue weighted by atomic mass is 16.6. The van der Waals surface area contributed by atoms with Crippen LogP contribution < -0.4 is 11.1 Å². The van der Waals surface area contributed by atoms with Crippen molar-refractivity contribution in [3.05, 3.63) is 54.1 Å². The van der Waals surface area contributed by atoms with Crippen LogP contribution in [0.2, 0.25) is 0 Å². The Kier molecular flexibility index (Phi) is 6.77. The van der Waals surface area contributed by atoms with E-state index in [1.54, 1.807) is 4.90 Å². The van der Waals surface area contributed by atoms with Gasteiger partial charge >= 0.3 is 6.09 Å². The van der Waals surface area contributed by atoms with Crippen molar-refractivity contribution in [2.75, 3.05) is 24.1 Å². The number of para-hydroxylation sites is 2. The smallest absolute Gasteiger partial charge is 0.410 e. The molecular weight excluding hydrogens is 430 g/mol. The number of likely N-dealkylation sites (tertiary alicyclic amines) is 1. The molecule has 8 nitrogen and oxygen atoms in total. The Labute approximate surface area is 200 Å². The SMILES string of the molecule is CC(C)(C)OC(=O)N1CCC(C(=O)Nc2nc3ccccc3n2CCc2ccc(N)cc2)CC1. The summed E-state index contributed by atoms with van der Waals surface area (Å²) >= 11 is 0. The normalized spacial score (nSPS) is 14.9. The maximum Gasteiger partial charge on any atom is 0.410 e. The van der Waals surface area contributed by atoms with Gasteiger partial charge in [-0.05, 0) is 69.9 Å². The average molecular weight is 464 g/mol. The standard InChI is InChI=1S/C26H33N5O3/c1-26(2,3)34-25(33)30-15-13-19(14-16-30)23(32)29-24-28-21-6-4-5-7-22(21)31(24)17-12-18-8-10-20(27)11-9-18/h4-11,19H,12-17,27H2,1-3H3,(H,28,29,32). The number of ether oxygens (including phenoxy) is 1. The van der Waals surface area contributed by atoms with E-state index in [2.05, 4.69) is 14.9 Å². The molecule has 34 heavy (non-hydrogen) atoms. The number of carbonyl (C=O) groups excluding carboxylic acids is 2. The van der Waals surface area contributed by atoms with Gasteiger partial charge in [-0.25, -0.2) is 9.78 Å². The molecule has 1 aromatic heterocycles. The number of piperidine rings is 1. The molecule has 1 saturated heterocycles. The molecule has 2 heterocycles. The largest absolute Gasteiger partial charge is 0.444 e. The van der Waals surface area contributed by atoms with Crippen molar-refractivity contribution in [2.24, 2.45) is 5.92 Å². The van der Waals surface area contributed by atoms with E-state index in [1.807, 2.05) is 69.3 Å². The zero-order valence-electron chi connectivity index (χ0n) is 20.1. The predicted molar refractivity (Wildman–Crippen MR) is 133 cm³/mol. The number of rotatable bonds is 5. The maximum atomic E-state index is 13.1. The number of hydrogen-bond acceptors (Lipinski definition) is 5. The van der Waals surface area contributed by atoms with Crippen LogP contribution in [0.3, 0.4) is 0 Å². The highest BCUT2D eigenvalue weighted by molar-refractivity contribution is 5.93. The predicted octanol–water partition coefficient (Wildman–Crippen LogP) is 4.45. The van der Waals surface area contributed by atoms with Crippen LogP contribution in [0.25, 0.3) is 11.0 Å². The first kappa shape index (κ1) is 23.6. The molecule has 0 spiro atoms. The molecule has 0 bridgehead atoms. The number of anilines is 2. The number of nitrogens with two attached hydrogens (primary N) is 1. The summed E-state index contributed by atoms with van der Waals surface area (Å²) < 4.78 is 7.51. The van der Waals surface area contributed by atoms with Gasteiger partial charge in [0, 0.05) is 31.2 Å². The molecule has 3 N–H and O–H groups in total. The molecule has 0 saturated carbocycles. The Hall–Kier alpha value is -3.55. The van der Waals surface area contributed by atoms with Gasteiger partial charge in [0.15, 0.2) is 0 Å². The number of nitrogens with one attached hydrogen (secondary N) is 1. The fraction of sp³-hybridized carbons (Fsp3) is 0.423. The van der Waals surface area contributed by atoms with E-state index < -0.39 is 5.60 Å². The van der Waals surface area contributed by atoms with Crippen LogP contribution in [0.15, 0.2) is 48.5 Å². The second-order valence-electron chi connectivity index (χ2n) is 9.80. The lowest BCUT2D eigenvalue weighted by Crippen LogP contribution is -2.43. The number of benzene rings is 2. The average Bonchev–Trinajstić information content (AvgIpc) is 3.14. The van der Waals surface area contributed by atoms with Crippen molar-refractivity contribution >= 4 is 34.7 Å². The number of carbonyl (C=O) groups is 2. The maximum absolute atomic E-state index is 13.1. The van der Waals surface area contributed by atoms with Gasteiger partial charge in [0.1, 0.15) is 5.60 Å². The van der Waals surface area contributed by atoms with Gasteiger partial charge in [0.2, 0.25) is 11.9 Å². The minimum Gasteiger partial charge on any atom is -0.444 e. The van der Waals surface area contributed by atoms with E-state index in [0.29, 0.717) is 38.4 Å². The molecule has 0 unspecified atom stereocenters. The topological polar surface area (TPSA) is 102 Å². The molecule has 0 radical (unpaired) electrons. The zero-order valence-corrected chi connectivity index (χ0v) is 20.1. The number of aromatic nitrogens is 2. The molecule has 180 valence electrons. The molecule has 8 heteroatoms. The van der Waals surface area contributed by atoms with Gasteiger partial charge in [0.25, 0.3) is 0 Å². The van der Waals surface area contributed by atoms with Gasteiger partial charge in [-0.1, -0.05) is 24.3 Å². The number of fused-ring (bicyclic) bond motifs is 1. The Morgan fingerprint density at radius 1 is 1.09 bits per heavy atom. The quantitative estimate of drug-likeness (QED) is 0.545. The van der Waals surface area contributed by atoms with Crippen molar-refractivity contribution in [2.45, 2.75) is 52.2 Å². The van der Waals surface area contributed by atoms with E-state index in [1.165, 1.54) is 5.56 Å². The molecule has 2 aromatic carbocycles. The molecule has 1 fully saturated rings. The van der Waals surface area contributed by atoms with Crippen molar-refractivity contribution in [1.82, 2.24) is 14.5 Å². The fourth-order valence-corrected chi connectivity index (χ4v) is 4.19. The van der Waals surface area contributed by atoms with Crippen LogP contribution in [-0.2, 0) is 22.5 Å². The Morgan fingerprint density at radius 3 is 2.44 bits per heavy atom. The van der Waals surface area contributed by atoms with E-state index in [4.69, 9.17) is 10.5 Å². The summed E-state index contributed by atoms with van der Waals surface area (Å²) in [6.45, 7) is 7.23. The van der Waals surface area contributed by atoms with E-state index >= 15 is 0 Å². The first-order valence-electron chi connectivity index (χ1n) is 11.8. The van der Waals surface area contributed by atoms with Crippen LogP contribution in [0, 0.1) is 5.92 Å². The summed E-state index contributed by atoms with van der Waals surface area (Å²) in [7, 11) is 0. The lowest BCUT2D eigenvalue weighted by atomic mass is 9.96. The minimum atomic E-state index is -0.531. The molecule has 2 amide bonds. The summed E-state index contributed by atoms with van der Waals surface area (Å²) in [5, 5.41) is 3.06. The first-order valence-corrected chi connectivity index (χ1v) is 11.8. The second kappa shape index (κ2) is 9.75. The summed E-state index contributed by atoms with van der Waals surface area (Å²) in [5.41, 5.74) is 9.00. The number of imidazole rings is 1. The lowest BCUT2D eigenvalue weighted by molar-refractivity contribution is -0.121. The van der Waals surface area contributed by atoms with Crippen molar-refractivity contribution in [3.63, 3.8) is 0 Å². The third kappa shape index (κ3) is 5.68. The van der Waals surface area contributed by atoms with Crippen LogP contribution in [0.5, 0.6) is 0 Å². The van der Waals surface area contributed by atoms with Gasteiger partial charge < -0.3 is 19.9 Å². The fourth-order valence-electron chi connectivity index (χ4n) is 4.19. The van der Waals surface area contributed by atoms with Gasteiger partial charge in [-0.15, -0.1) is 0 Å². The third-order valence-electron chi connectivity index (χ3n) is 6.01. The minimum absolute atomic E-state index is 0.0621. The van der Waals surface area contributed by atoms with Gasteiger partial charge in [-0.2, -0.15) is 0 Å². The lowest BCUT2D eigenvalue weighted by Gasteiger charge is -2.32. The van der Waals surface area contributed by atoms with Crippen LogP contribution in [-0.4, -0.2) is 45.1 Å². The Bertz CT molecular complexity index is 1160. The number of aryl methyl sites for hydroxylation is 2. The van der Waals surface area contributed by atoms with Crippen LogP contribution >= 0.6 is 0 Å². The summed E-state index contributed by atoms with van der Waals surface area (Å²) in [4.78, 5) is 31.8. The van der Waals surface area contributed by atoms with E-state index in [-0.39, 0.29) is 17.9 Å². The van der Waals surface area contributed by atoms with E-state index in [9.17, 15) is 9.59 Å². The highest BCUT2D eigenvalue weighted by Crippen LogP contribution is 2.24. The molecule has 1 aliphatic heterocycles. The van der Waals surface area contributed by atoms with Crippen molar-refractivity contribution in [3.8, 4) is 0 Å². The molecular formula is C26H33N5O3. The monoisotopic (exact) mass is 463 g/mol. The van der Waals surface area contributed by atoms with Crippen molar-refractivity contribution < 1.29 is 14.3 Å². The molecule has 0 atom stereocenters. The van der Waals surface area contributed by atoms with E-state index in [0.717, 1.165) is 23.1 Å². The van der Waals surface area contributed by atoms with Gasteiger partial charge in [0.05, 0.1) is 11.0 Å². The van der Waals surface area contributed by atoms with Crippen LogP contribution in [0.1, 0.15) is 39.2 Å². The molecule has 0 aliphatic carbocycles. The van der Waals surface area contributed by atoms with Gasteiger partial charge in [-0.3, -0.25) is 10.1 Å². The number of nitrogen functional groups attached to an aromatic ring is 1. The molecule has 4 rings (SSSR count). The Morgan fingerprint density at radius 2 is 1.76 bits per heavy atom. The number of hydrogen-bond donors (Lipinski definition) is 2. The summed E-state index contributed by atoms with van der Waals surface area (Å²) in [6.07, 6.45) is 1.65. The van der Waals surface area contributed by atoms with Crippen molar-refractivity contribution in [1.29, 1.82) is 0 Å².